The predicted octanol–water partition coefficient (Wildman–Crippen LogP) is 3.94. The van der Waals surface area contributed by atoms with Gasteiger partial charge in [-0.3, -0.25) is 4.79 Å². The fourth-order valence-electron chi connectivity index (χ4n) is 3.96. The van der Waals surface area contributed by atoms with Crippen molar-refractivity contribution in [3.05, 3.63) is 70.8 Å². The van der Waals surface area contributed by atoms with Crippen LogP contribution in [0, 0.1) is 0 Å². The second-order valence-electron chi connectivity index (χ2n) is 7.82. The van der Waals surface area contributed by atoms with Gasteiger partial charge in [0.2, 0.25) is 0 Å². The molecule has 154 valence electrons. The van der Waals surface area contributed by atoms with Crippen LogP contribution in [0.3, 0.4) is 0 Å². The van der Waals surface area contributed by atoms with Gasteiger partial charge in [0.1, 0.15) is 5.60 Å². The van der Waals surface area contributed by atoms with Crippen molar-refractivity contribution in [2.45, 2.75) is 30.5 Å². The zero-order valence-corrected chi connectivity index (χ0v) is 15.8. The Labute approximate surface area is 166 Å². The Bertz CT molecular complexity index is 891. The number of amides is 1. The van der Waals surface area contributed by atoms with Crippen molar-refractivity contribution >= 4 is 5.91 Å². The highest BCUT2D eigenvalue weighted by Crippen LogP contribution is 2.33. The van der Waals surface area contributed by atoms with Crippen molar-refractivity contribution in [2.75, 3.05) is 26.3 Å². The highest BCUT2D eigenvalue weighted by Gasteiger charge is 2.38. The number of carbonyl (C=O) groups excluding carboxylic acids is 1. The summed E-state index contributed by atoms with van der Waals surface area (Å²) in [5.41, 5.74) is 0.257. The first-order valence-electron chi connectivity index (χ1n) is 9.63. The summed E-state index contributed by atoms with van der Waals surface area (Å²) in [5, 5.41) is 10.4. The van der Waals surface area contributed by atoms with Gasteiger partial charge in [-0.15, -0.1) is 0 Å². The zero-order chi connectivity index (χ0) is 20.6. The fraction of sp³-hybridized carbons (Fsp3) is 0.409. The van der Waals surface area contributed by atoms with Crippen LogP contribution in [0.1, 0.15) is 45.8 Å². The van der Waals surface area contributed by atoms with E-state index in [4.69, 9.17) is 4.74 Å². The Hall–Kier alpha value is -2.38. The lowest BCUT2D eigenvalue weighted by atomic mass is 9.89. The molecule has 2 aromatic carbocycles. The Kier molecular flexibility index (Phi) is 5.12. The van der Waals surface area contributed by atoms with Crippen molar-refractivity contribution in [2.24, 2.45) is 0 Å². The molecule has 1 atom stereocenters. The van der Waals surface area contributed by atoms with Crippen LogP contribution < -0.4 is 0 Å². The van der Waals surface area contributed by atoms with Gasteiger partial charge in [-0.1, -0.05) is 24.3 Å². The summed E-state index contributed by atoms with van der Waals surface area (Å²) in [7, 11) is 0. The predicted molar refractivity (Wildman–Crippen MR) is 100 cm³/mol. The van der Waals surface area contributed by atoms with Gasteiger partial charge in [-0.25, -0.2) is 0 Å². The molecule has 2 saturated heterocycles. The fourth-order valence-corrected chi connectivity index (χ4v) is 3.96. The van der Waals surface area contributed by atoms with E-state index < -0.39 is 17.3 Å². The quantitative estimate of drug-likeness (QED) is 0.842. The summed E-state index contributed by atoms with van der Waals surface area (Å²) < 4.78 is 43.4. The SMILES string of the molecule is O=C(c1cccc(C2(O)COC2)c1)N1CCC[C@@H](c2ccc(C(F)(F)F)cc2)C1. The van der Waals surface area contributed by atoms with Gasteiger partial charge >= 0.3 is 6.18 Å². The molecule has 0 bridgehead atoms. The lowest BCUT2D eigenvalue weighted by Crippen LogP contribution is -2.46. The molecule has 0 aliphatic carbocycles. The lowest BCUT2D eigenvalue weighted by Gasteiger charge is -2.37. The first-order valence-corrected chi connectivity index (χ1v) is 9.63. The lowest BCUT2D eigenvalue weighted by molar-refractivity contribution is -0.184. The van der Waals surface area contributed by atoms with Crippen molar-refractivity contribution in [3.8, 4) is 0 Å². The Morgan fingerprint density at radius 3 is 2.48 bits per heavy atom. The summed E-state index contributed by atoms with van der Waals surface area (Å²) in [6.45, 7) is 1.49. The maximum Gasteiger partial charge on any atom is 0.416 e. The van der Waals surface area contributed by atoms with Gasteiger partial charge in [-0.05, 0) is 48.2 Å². The minimum absolute atomic E-state index is 0.00221. The van der Waals surface area contributed by atoms with Crippen LogP contribution in [0.15, 0.2) is 48.5 Å². The third-order valence-electron chi connectivity index (χ3n) is 5.75. The van der Waals surface area contributed by atoms with E-state index in [-0.39, 0.29) is 25.0 Å². The van der Waals surface area contributed by atoms with Gasteiger partial charge in [-0.2, -0.15) is 13.2 Å². The molecule has 7 heteroatoms. The largest absolute Gasteiger partial charge is 0.416 e. The molecule has 0 aromatic heterocycles. The van der Waals surface area contributed by atoms with E-state index in [0.717, 1.165) is 30.5 Å². The highest BCUT2D eigenvalue weighted by molar-refractivity contribution is 5.94. The molecule has 0 unspecified atom stereocenters. The number of nitrogens with zero attached hydrogens (tertiary/aromatic N) is 1. The molecule has 2 aliphatic heterocycles. The topological polar surface area (TPSA) is 49.8 Å². The highest BCUT2D eigenvalue weighted by atomic mass is 19.4. The molecule has 2 fully saturated rings. The molecule has 1 amide bonds. The third-order valence-corrected chi connectivity index (χ3v) is 5.75. The standard InChI is InChI=1S/C22H22F3NO3/c23-22(24,25)18-8-6-15(7-9-18)17-4-2-10-26(12-17)20(27)16-3-1-5-19(11-16)21(28)13-29-14-21/h1,3,5-9,11,17,28H,2,4,10,12-14H2/t17-/m1/s1. The Morgan fingerprint density at radius 2 is 1.86 bits per heavy atom. The molecule has 2 aromatic rings. The number of ether oxygens (including phenoxy) is 1. The molecule has 1 N–H and O–H groups in total. The number of benzene rings is 2. The number of alkyl halides is 3. The molecule has 2 heterocycles. The van der Waals surface area contributed by atoms with E-state index in [9.17, 15) is 23.1 Å². The molecule has 0 spiro atoms. The van der Waals surface area contributed by atoms with Gasteiger partial charge in [0.05, 0.1) is 18.8 Å². The Balaban J connectivity index is 1.48. The molecule has 0 saturated carbocycles. The minimum Gasteiger partial charge on any atom is -0.380 e. The van der Waals surface area contributed by atoms with E-state index in [1.54, 1.807) is 29.2 Å². The summed E-state index contributed by atoms with van der Waals surface area (Å²) in [4.78, 5) is 14.8. The van der Waals surface area contributed by atoms with E-state index in [0.29, 0.717) is 24.2 Å². The van der Waals surface area contributed by atoms with Crippen LogP contribution in [-0.4, -0.2) is 42.2 Å². The van der Waals surface area contributed by atoms with Crippen LogP contribution in [0.2, 0.25) is 0 Å². The Morgan fingerprint density at radius 1 is 1.14 bits per heavy atom. The third kappa shape index (κ3) is 4.02. The molecule has 4 rings (SSSR count). The molecule has 29 heavy (non-hydrogen) atoms. The van der Waals surface area contributed by atoms with Crippen LogP contribution in [-0.2, 0) is 16.5 Å². The summed E-state index contributed by atoms with van der Waals surface area (Å²) >= 11 is 0. The maximum absolute atomic E-state index is 13.0. The monoisotopic (exact) mass is 405 g/mol. The maximum atomic E-state index is 13.0. The van der Waals surface area contributed by atoms with Gasteiger partial charge in [0.15, 0.2) is 0 Å². The number of carbonyl (C=O) groups is 1. The molecular formula is C22H22F3NO3. The van der Waals surface area contributed by atoms with Crippen molar-refractivity contribution in [3.63, 3.8) is 0 Å². The van der Waals surface area contributed by atoms with Gasteiger partial charge in [0.25, 0.3) is 5.91 Å². The smallest absolute Gasteiger partial charge is 0.380 e. The first-order chi connectivity index (χ1) is 13.8. The average Bonchev–Trinajstić information content (AvgIpc) is 2.71. The number of rotatable bonds is 3. The molecule has 4 nitrogen and oxygen atoms in total. The van der Waals surface area contributed by atoms with Crippen molar-refractivity contribution in [1.82, 2.24) is 4.90 Å². The molecule has 2 aliphatic rings. The van der Waals surface area contributed by atoms with E-state index in [1.807, 2.05) is 0 Å². The number of hydrogen-bond acceptors (Lipinski definition) is 3. The van der Waals surface area contributed by atoms with E-state index in [1.165, 1.54) is 12.1 Å². The summed E-state index contributed by atoms with van der Waals surface area (Å²) in [6, 6.07) is 12.2. The minimum atomic E-state index is -4.35. The number of aliphatic hydroxyl groups is 1. The van der Waals surface area contributed by atoms with Crippen LogP contribution in [0.5, 0.6) is 0 Å². The van der Waals surface area contributed by atoms with Crippen LogP contribution in [0.4, 0.5) is 13.2 Å². The number of halogens is 3. The van der Waals surface area contributed by atoms with Gasteiger partial charge in [0, 0.05) is 24.6 Å². The molecular weight excluding hydrogens is 383 g/mol. The summed E-state index contributed by atoms with van der Waals surface area (Å²) in [5.74, 6) is -0.130. The number of piperidine rings is 1. The second-order valence-corrected chi connectivity index (χ2v) is 7.82. The van der Waals surface area contributed by atoms with Crippen LogP contribution >= 0.6 is 0 Å². The number of likely N-dealkylation sites (tertiary alicyclic amines) is 1. The van der Waals surface area contributed by atoms with E-state index in [2.05, 4.69) is 0 Å². The van der Waals surface area contributed by atoms with E-state index >= 15 is 0 Å². The van der Waals surface area contributed by atoms with Crippen molar-refractivity contribution in [1.29, 1.82) is 0 Å². The number of hydrogen-bond donors (Lipinski definition) is 1. The van der Waals surface area contributed by atoms with Crippen LogP contribution in [0.25, 0.3) is 0 Å². The normalized spacial score (nSPS) is 21.5. The van der Waals surface area contributed by atoms with Gasteiger partial charge < -0.3 is 14.7 Å². The average molecular weight is 405 g/mol. The van der Waals surface area contributed by atoms with Crippen molar-refractivity contribution < 1.29 is 27.8 Å². The zero-order valence-electron chi connectivity index (χ0n) is 15.8. The second kappa shape index (κ2) is 7.46. The molecule has 0 radical (unpaired) electrons. The first kappa shape index (κ1) is 19.9. The summed E-state index contributed by atoms with van der Waals surface area (Å²) in [6.07, 6.45) is -2.74.